The van der Waals surface area contributed by atoms with Gasteiger partial charge in [-0.25, -0.2) is 0 Å². The van der Waals surface area contributed by atoms with Crippen LogP contribution in [0.15, 0.2) is 48.5 Å². The van der Waals surface area contributed by atoms with E-state index in [0.29, 0.717) is 57.5 Å². The lowest BCUT2D eigenvalue weighted by atomic mass is 9.83. The van der Waals surface area contributed by atoms with Crippen LogP contribution in [0.5, 0.6) is 0 Å². The van der Waals surface area contributed by atoms with E-state index in [1.54, 1.807) is 54.2 Å². The molecule has 6 amide bonds. The number of benzene rings is 2. The number of nitrogens with two attached hydrogens (primary N) is 1. The van der Waals surface area contributed by atoms with E-state index >= 15 is 0 Å². The Bertz CT molecular complexity index is 2370. The number of hydrogen-bond donors (Lipinski definition) is 6. The Morgan fingerprint density at radius 1 is 0.627 bits per heavy atom. The van der Waals surface area contributed by atoms with Gasteiger partial charge < -0.3 is 51.6 Å². The first-order chi connectivity index (χ1) is 35.9. The van der Waals surface area contributed by atoms with Crippen LogP contribution in [0, 0.1) is 10.8 Å². The lowest BCUT2D eigenvalue weighted by Crippen LogP contribution is -2.58. The second kappa shape index (κ2) is 25.1. The number of nitrogens with one attached hydrogen (secondary N) is 5. The van der Waals surface area contributed by atoms with Gasteiger partial charge in [-0.15, -0.1) is 23.5 Å². The van der Waals surface area contributed by atoms with Crippen molar-refractivity contribution in [3.63, 3.8) is 0 Å². The third-order valence-corrected chi connectivity index (χ3v) is 19.1. The first kappa shape index (κ1) is 57.0. The molecule has 4 fully saturated rings. The minimum Gasteiger partial charge on any atom is -0.375 e. The fourth-order valence-electron chi connectivity index (χ4n) is 12.4. The number of hydrogen-bond acceptors (Lipinski definition) is 12. The normalized spacial score (nSPS) is 29.3. The van der Waals surface area contributed by atoms with Gasteiger partial charge in [-0.3, -0.25) is 28.8 Å². The van der Waals surface area contributed by atoms with Gasteiger partial charge in [0.05, 0.1) is 47.1 Å². The number of rotatable bonds is 22. The summed E-state index contributed by atoms with van der Waals surface area (Å²) in [7, 11) is 1.72. The molecule has 4 saturated heterocycles. The SMILES string of the molecule is CN[C@@H](C)C(=O)N[C@H]1CCS[C@H]2CC(C)(C)[C@@H](C(=O)N[C@H]3c4ccccc4C[C@H]3OCCCCCCCCCCO[C@@H]3Cc4ccccc4[C@@H]3NC(=O)[C@H]3N4C(=O)[C@@H](NC(=O)[C@H](C)N)CCS[C@H]4CC3(C)C)N2C1=O. The van der Waals surface area contributed by atoms with Crippen LogP contribution in [-0.2, 0) is 51.1 Å². The Hall–Kier alpha value is -4.20. The molecule has 0 spiro atoms. The monoisotopic (exact) mass is 1070 g/mol. The Labute approximate surface area is 453 Å². The molecule has 0 radical (unpaired) electrons. The number of carbonyl (C=O) groups is 6. The third-order valence-electron chi connectivity index (χ3n) is 16.6. The van der Waals surface area contributed by atoms with E-state index in [1.165, 1.54) is 5.56 Å². The average molecular weight is 1070 g/mol. The van der Waals surface area contributed by atoms with Crippen molar-refractivity contribution in [3.8, 4) is 0 Å². The molecule has 75 heavy (non-hydrogen) atoms. The van der Waals surface area contributed by atoms with Crippen molar-refractivity contribution in [1.29, 1.82) is 0 Å². The van der Waals surface area contributed by atoms with Crippen LogP contribution in [0.4, 0.5) is 0 Å². The Morgan fingerprint density at radius 2 is 1.03 bits per heavy atom. The van der Waals surface area contributed by atoms with Crippen LogP contribution in [-0.4, -0.2) is 136 Å². The molecule has 2 aliphatic carbocycles. The molecule has 7 N–H and O–H groups in total. The van der Waals surface area contributed by atoms with Crippen LogP contribution in [0.3, 0.4) is 0 Å². The van der Waals surface area contributed by atoms with Crippen LogP contribution in [0.1, 0.15) is 153 Å². The minimum atomic E-state index is -0.740. The van der Waals surface area contributed by atoms with Gasteiger partial charge in [-0.05, 0) is 104 Å². The number of ether oxygens (including phenoxy) is 2. The first-order valence-corrected chi connectivity index (χ1v) is 29.9. The quantitative estimate of drug-likeness (QED) is 0.0772. The van der Waals surface area contributed by atoms with Crippen molar-refractivity contribution in [1.82, 2.24) is 36.4 Å². The molecule has 2 aromatic rings. The van der Waals surface area contributed by atoms with Gasteiger partial charge in [0.1, 0.15) is 24.2 Å². The van der Waals surface area contributed by atoms with Crippen LogP contribution < -0.4 is 32.3 Å². The van der Waals surface area contributed by atoms with E-state index in [1.807, 2.05) is 24.3 Å². The number of likely N-dealkylation sites (N-methyl/N-ethyl adjacent to an activating group) is 1. The molecule has 0 bridgehead atoms. The second-order valence-corrected chi connectivity index (χ2v) is 25.8. The molecule has 18 heteroatoms. The zero-order chi connectivity index (χ0) is 53.6. The summed E-state index contributed by atoms with van der Waals surface area (Å²) in [6, 6.07) is 11.8. The van der Waals surface area contributed by atoms with E-state index in [0.717, 1.165) is 73.8 Å². The van der Waals surface area contributed by atoms with Gasteiger partial charge in [-0.2, -0.15) is 0 Å². The number of carbonyl (C=O) groups excluding carboxylic acids is 6. The Kier molecular flexibility index (Phi) is 19.0. The van der Waals surface area contributed by atoms with Gasteiger partial charge in [0, 0.05) is 26.1 Å². The van der Waals surface area contributed by atoms with Crippen molar-refractivity contribution in [3.05, 3.63) is 70.8 Å². The molecule has 2 aromatic carbocycles. The molecule has 16 nitrogen and oxygen atoms in total. The Balaban J connectivity index is 0.762. The lowest BCUT2D eigenvalue weighted by Gasteiger charge is -2.35. The summed E-state index contributed by atoms with van der Waals surface area (Å²) in [6.45, 7) is 12.8. The maximum Gasteiger partial charge on any atom is 0.246 e. The predicted octanol–water partition coefficient (Wildman–Crippen LogP) is 5.81. The standard InChI is InChI=1S/C57H84N8O8S2/c1-34(58)50(66)60-40-24-28-74-44-32-56(3,4)48(64(44)54(40)70)52(68)62-46-38-22-16-14-20-36(38)30-42(46)72-26-18-12-10-8-9-11-13-19-27-73-43-31-37-21-15-17-23-39(37)47(43)63-53(69)49-57(5,6)33-45-65(49)55(71)41(25-29-75-45)61-51(67)35(2)59-7/h14-17,20-23,34-35,40-49,59H,8-13,18-19,24-33,58H2,1-7H3,(H,60,66)(H,61,67)(H,62,68)(H,63,69)/t34-,35-,40-,41-,42+,43+,44-,45-,46-,47-,48+,49+/m0/s1. The molecule has 4 heterocycles. The molecule has 6 aliphatic rings. The van der Waals surface area contributed by atoms with E-state index in [9.17, 15) is 28.8 Å². The van der Waals surface area contributed by atoms with Gasteiger partial charge in [-0.1, -0.05) is 115 Å². The van der Waals surface area contributed by atoms with Crippen molar-refractivity contribution in [2.45, 2.75) is 203 Å². The van der Waals surface area contributed by atoms with Crippen molar-refractivity contribution in [2.75, 3.05) is 31.8 Å². The van der Waals surface area contributed by atoms with Crippen LogP contribution >= 0.6 is 23.5 Å². The highest BCUT2D eigenvalue weighted by molar-refractivity contribution is 8.00. The summed E-state index contributed by atoms with van der Waals surface area (Å²) in [6.07, 6.45) is 11.8. The van der Waals surface area contributed by atoms with E-state index in [-0.39, 0.29) is 70.5 Å². The fourth-order valence-corrected chi connectivity index (χ4v) is 15.6. The molecule has 412 valence electrons. The lowest BCUT2D eigenvalue weighted by molar-refractivity contribution is -0.144. The molecule has 4 aliphatic heterocycles. The molecular formula is C57H84N8O8S2. The fraction of sp³-hybridized carbons (Fsp3) is 0.684. The smallest absolute Gasteiger partial charge is 0.246 e. The zero-order valence-corrected chi connectivity index (χ0v) is 47.0. The summed E-state index contributed by atoms with van der Waals surface area (Å²) in [5.41, 5.74) is 9.33. The summed E-state index contributed by atoms with van der Waals surface area (Å²) >= 11 is 3.37. The van der Waals surface area contributed by atoms with Crippen LogP contribution in [0.2, 0.25) is 0 Å². The highest BCUT2D eigenvalue weighted by Gasteiger charge is 2.57. The highest BCUT2D eigenvalue weighted by Crippen LogP contribution is 2.48. The molecule has 0 saturated carbocycles. The number of amides is 6. The van der Waals surface area contributed by atoms with Crippen molar-refractivity contribution < 1.29 is 38.2 Å². The molecule has 0 aromatic heterocycles. The molecular weight excluding hydrogens is 989 g/mol. The summed E-state index contributed by atoms with van der Waals surface area (Å²) in [5, 5.41) is 15.2. The zero-order valence-electron chi connectivity index (χ0n) is 45.3. The number of unbranched alkanes of at least 4 members (excludes halogenated alkanes) is 7. The maximum atomic E-state index is 14.5. The largest absolute Gasteiger partial charge is 0.375 e. The van der Waals surface area contributed by atoms with E-state index in [2.05, 4.69) is 78.5 Å². The molecule has 8 rings (SSSR count). The topological polar surface area (TPSA) is 214 Å². The van der Waals surface area contributed by atoms with E-state index in [4.69, 9.17) is 15.2 Å². The van der Waals surface area contributed by atoms with Gasteiger partial charge >= 0.3 is 0 Å². The average Bonchev–Trinajstić information content (AvgIpc) is 4.04. The minimum absolute atomic E-state index is 0.139. The highest BCUT2D eigenvalue weighted by atomic mass is 32.2. The van der Waals surface area contributed by atoms with Gasteiger partial charge in [0.2, 0.25) is 35.4 Å². The predicted molar refractivity (Wildman–Crippen MR) is 294 cm³/mol. The summed E-state index contributed by atoms with van der Waals surface area (Å²) < 4.78 is 13.2. The van der Waals surface area contributed by atoms with E-state index < -0.39 is 47.1 Å². The van der Waals surface area contributed by atoms with Gasteiger partial charge in [0.15, 0.2) is 0 Å². The summed E-state index contributed by atoms with van der Waals surface area (Å²) in [5.74, 6) is 0.0203. The number of nitrogens with zero attached hydrogens (tertiary/aromatic N) is 2. The Morgan fingerprint density at radius 3 is 1.44 bits per heavy atom. The molecule has 12 atom stereocenters. The van der Waals surface area contributed by atoms with Crippen molar-refractivity contribution in [2.24, 2.45) is 16.6 Å². The second-order valence-electron chi connectivity index (χ2n) is 23.3. The number of thioether (sulfide) groups is 2. The number of fused-ring (bicyclic) bond motifs is 4. The molecule has 0 unspecified atom stereocenters. The third kappa shape index (κ3) is 13.1. The maximum absolute atomic E-state index is 14.5. The van der Waals surface area contributed by atoms with Crippen LogP contribution in [0.25, 0.3) is 0 Å². The van der Waals surface area contributed by atoms with Crippen molar-refractivity contribution >= 4 is 59.0 Å². The summed E-state index contributed by atoms with van der Waals surface area (Å²) in [4.78, 5) is 86.2. The van der Waals surface area contributed by atoms with Gasteiger partial charge in [0.25, 0.3) is 0 Å². The first-order valence-electron chi connectivity index (χ1n) is 27.8.